The van der Waals surface area contributed by atoms with Gasteiger partial charge in [0.05, 0.1) is 21.6 Å². The third-order valence-electron chi connectivity index (χ3n) is 4.41. The Morgan fingerprint density at radius 1 is 0.939 bits per heavy atom. The van der Waals surface area contributed by atoms with Crippen LogP contribution in [-0.4, -0.2) is 25.5 Å². The van der Waals surface area contributed by atoms with Crippen molar-refractivity contribution >= 4 is 58.1 Å². The molecular formula is C21H14Cl4FN5O2. The predicted octanol–water partition coefficient (Wildman–Crippen LogP) is 6.17. The fourth-order valence-electron chi connectivity index (χ4n) is 2.82. The van der Waals surface area contributed by atoms with E-state index in [1.54, 1.807) is 29.2 Å². The second-order valence-electron chi connectivity index (χ2n) is 6.82. The van der Waals surface area contributed by atoms with Gasteiger partial charge in [0.1, 0.15) is 16.6 Å². The molecule has 1 amide bonds. The first-order chi connectivity index (χ1) is 15.8. The molecule has 0 aliphatic carbocycles. The zero-order chi connectivity index (χ0) is 23.5. The molecule has 2 heterocycles. The molecule has 0 unspecified atom stereocenters. The number of anilines is 1. The van der Waals surface area contributed by atoms with E-state index < -0.39 is 11.7 Å². The van der Waals surface area contributed by atoms with Gasteiger partial charge < -0.3 is 10.1 Å². The molecule has 2 aromatic carbocycles. The Hall–Kier alpha value is -2.78. The second-order valence-corrected chi connectivity index (χ2v) is 8.44. The molecule has 170 valence electrons. The van der Waals surface area contributed by atoms with Gasteiger partial charge in [0.2, 0.25) is 0 Å². The second kappa shape index (κ2) is 10.0. The molecule has 0 atom stereocenters. The molecule has 1 N–H and O–H groups in total. The van der Waals surface area contributed by atoms with Gasteiger partial charge in [0, 0.05) is 18.5 Å². The minimum absolute atomic E-state index is 0.00568. The predicted molar refractivity (Wildman–Crippen MR) is 125 cm³/mol. The van der Waals surface area contributed by atoms with Gasteiger partial charge in [-0.1, -0.05) is 52.5 Å². The summed E-state index contributed by atoms with van der Waals surface area (Å²) in [6.45, 7) is 0.375. The first kappa shape index (κ1) is 23.4. The molecule has 0 saturated heterocycles. The minimum Gasteiger partial charge on any atom is -0.471 e. The normalized spacial score (nSPS) is 10.9. The van der Waals surface area contributed by atoms with E-state index in [0.717, 1.165) is 5.56 Å². The van der Waals surface area contributed by atoms with Crippen LogP contribution in [0.25, 0.3) is 0 Å². The maximum atomic E-state index is 13.2. The Balaban J connectivity index is 1.37. The van der Waals surface area contributed by atoms with Gasteiger partial charge in [0.15, 0.2) is 18.2 Å². The van der Waals surface area contributed by atoms with E-state index in [1.165, 1.54) is 28.9 Å². The molecule has 0 radical (unpaired) electrons. The summed E-state index contributed by atoms with van der Waals surface area (Å²) in [5, 5.41) is 12.2. The average Bonchev–Trinajstić information content (AvgIpc) is 3.38. The van der Waals surface area contributed by atoms with Crippen molar-refractivity contribution in [1.29, 1.82) is 0 Å². The summed E-state index contributed by atoms with van der Waals surface area (Å²) in [6.07, 6.45) is 3.14. The van der Waals surface area contributed by atoms with Crippen molar-refractivity contribution in [3.8, 4) is 5.75 Å². The van der Waals surface area contributed by atoms with Crippen LogP contribution < -0.4 is 10.1 Å². The summed E-state index contributed by atoms with van der Waals surface area (Å²) in [5.41, 5.74) is 0.994. The summed E-state index contributed by atoms with van der Waals surface area (Å²) >= 11 is 23.9. The van der Waals surface area contributed by atoms with Crippen molar-refractivity contribution in [2.75, 3.05) is 5.32 Å². The summed E-state index contributed by atoms with van der Waals surface area (Å²) < 4.78 is 21.7. The maximum absolute atomic E-state index is 13.2. The number of halogens is 5. The average molecular weight is 529 g/mol. The van der Waals surface area contributed by atoms with Crippen LogP contribution in [0.1, 0.15) is 16.1 Å². The van der Waals surface area contributed by atoms with Crippen LogP contribution in [0.2, 0.25) is 20.1 Å². The van der Waals surface area contributed by atoms with Crippen molar-refractivity contribution in [2.24, 2.45) is 0 Å². The lowest BCUT2D eigenvalue weighted by Gasteiger charge is -2.06. The number of hydrogen-bond donors (Lipinski definition) is 1. The number of hydrogen-bond acceptors (Lipinski definition) is 4. The summed E-state index contributed by atoms with van der Waals surface area (Å²) in [5.74, 6) is -0.490. The Morgan fingerprint density at radius 2 is 1.76 bits per heavy atom. The van der Waals surface area contributed by atoms with Crippen LogP contribution in [0.4, 0.5) is 10.2 Å². The van der Waals surface area contributed by atoms with Gasteiger partial charge in [-0.25, -0.2) is 9.07 Å². The first-order valence-electron chi connectivity index (χ1n) is 9.38. The van der Waals surface area contributed by atoms with E-state index in [4.69, 9.17) is 51.1 Å². The molecule has 7 nitrogen and oxygen atoms in total. The van der Waals surface area contributed by atoms with E-state index >= 15 is 0 Å². The summed E-state index contributed by atoms with van der Waals surface area (Å²) in [6, 6.07) is 10.7. The quantitative estimate of drug-likeness (QED) is 0.311. The molecule has 4 aromatic rings. The summed E-state index contributed by atoms with van der Waals surface area (Å²) in [4.78, 5) is 12.6. The van der Waals surface area contributed by atoms with Gasteiger partial charge in [-0.3, -0.25) is 9.48 Å². The number of amides is 1. The number of rotatable bonds is 7. The fraction of sp³-hybridized carbons (Fsp3) is 0.0952. The topological polar surface area (TPSA) is 74.0 Å². The smallest absolute Gasteiger partial charge is 0.277 e. The maximum Gasteiger partial charge on any atom is 0.277 e. The molecule has 0 aliphatic heterocycles. The van der Waals surface area contributed by atoms with E-state index in [-0.39, 0.29) is 28.3 Å². The SMILES string of the molecule is O=C(Nc1nn(Cc2ccc(Cl)c(Cl)c2)cc1Cl)c1ccn(COc2ccc(F)c(Cl)c2)n1. The highest BCUT2D eigenvalue weighted by atomic mass is 35.5. The van der Waals surface area contributed by atoms with Crippen LogP contribution in [-0.2, 0) is 13.3 Å². The van der Waals surface area contributed by atoms with E-state index in [9.17, 15) is 9.18 Å². The van der Waals surface area contributed by atoms with Crippen molar-refractivity contribution in [3.05, 3.63) is 92.0 Å². The van der Waals surface area contributed by atoms with Crippen molar-refractivity contribution in [1.82, 2.24) is 19.6 Å². The highest BCUT2D eigenvalue weighted by Gasteiger charge is 2.15. The Kier molecular flexibility index (Phi) is 7.09. The van der Waals surface area contributed by atoms with Gasteiger partial charge in [-0.05, 0) is 35.9 Å². The molecule has 0 bridgehead atoms. The molecule has 2 aromatic heterocycles. The van der Waals surface area contributed by atoms with Crippen LogP contribution in [0.3, 0.4) is 0 Å². The Labute approximate surface area is 207 Å². The highest BCUT2D eigenvalue weighted by Crippen LogP contribution is 2.25. The van der Waals surface area contributed by atoms with Crippen LogP contribution >= 0.6 is 46.4 Å². The van der Waals surface area contributed by atoms with Gasteiger partial charge >= 0.3 is 0 Å². The van der Waals surface area contributed by atoms with Gasteiger partial charge in [-0.2, -0.15) is 10.2 Å². The Bertz CT molecular complexity index is 1320. The van der Waals surface area contributed by atoms with Crippen molar-refractivity contribution in [2.45, 2.75) is 13.3 Å². The van der Waals surface area contributed by atoms with Crippen LogP contribution in [0, 0.1) is 5.82 Å². The zero-order valence-electron chi connectivity index (χ0n) is 16.6. The molecule has 33 heavy (non-hydrogen) atoms. The monoisotopic (exact) mass is 527 g/mol. The molecule has 0 spiro atoms. The molecule has 4 rings (SSSR count). The molecule has 0 aliphatic rings. The van der Waals surface area contributed by atoms with Gasteiger partial charge in [-0.15, -0.1) is 0 Å². The lowest BCUT2D eigenvalue weighted by molar-refractivity contribution is 0.101. The van der Waals surface area contributed by atoms with Gasteiger partial charge in [0.25, 0.3) is 5.91 Å². The summed E-state index contributed by atoms with van der Waals surface area (Å²) in [7, 11) is 0. The number of carbonyl (C=O) groups is 1. The zero-order valence-corrected chi connectivity index (χ0v) is 19.6. The van der Waals surface area contributed by atoms with Crippen LogP contribution in [0.15, 0.2) is 54.9 Å². The molecule has 12 heteroatoms. The lowest BCUT2D eigenvalue weighted by atomic mass is 10.2. The van der Waals surface area contributed by atoms with Crippen molar-refractivity contribution < 1.29 is 13.9 Å². The Morgan fingerprint density at radius 3 is 2.52 bits per heavy atom. The number of nitrogens with zero attached hydrogens (tertiary/aromatic N) is 4. The third-order valence-corrected chi connectivity index (χ3v) is 5.71. The molecule has 0 fully saturated rings. The highest BCUT2D eigenvalue weighted by molar-refractivity contribution is 6.42. The minimum atomic E-state index is -0.542. The van der Waals surface area contributed by atoms with Crippen LogP contribution in [0.5, 0.6) is 5.75 Å². The largest absolute Gasteiger partial charge is 0.471 e. The number of ether oxygens (including phenoxy) is 1. The third kappa shape index (κ3) is 5.78. The van der Waals surface area contributed by atoms with E-state index in [1.807, 2.05) is 6.07 Å². The first-order valence-corrected chi connectivity index (χ1v) is 10.9. The molecule has 0 saturated carbocycles. The number of benzene rings is 2. The lowest BCUT2D eigenvalue weighted by Crippen LogP contribution is -2.15. The van der Waals surface area contributed by atoms with Crippen molar-refractivity contribution in [3.63, 3.8) is 0 Å². The standard InChI is InChI=1S/C21H14Cl4FN5O2/c22-14-3-1-12(7-15(14)23)9-31-10-17(25)20(29-31)27-21(32)19-5-6-30(28-19)11-33-13-2-4-18(26)16(24)8-13/h1-8,10H,9,11H2,(H,27,29,32). The molecular weight excluding hydrogens is 515 g/mol. The number of nitrogens with one attached hydrogen (secondary N) is 1. The number of aromatic nitrogens is 4. The number of carbonyl (C=O) groups excluding carboxylic acids is 1. The fourth-order valence-corrected chi connectivity index (χ4v) is 3.51. The van der Waals surface area contributed by atoms with E-state index in [0.29, 0.717) is 22.3 Å². The van der Waals surface area contributed by atoms with E-state index in [2.05, 4.69) is 15.5 Å².